The van der Waals surface area contributed by atoms with E-state index in [4.69, 9.17) is 0 Å². The van der Waals surface area contributed by atoms with Gasteiger partial charge in [-0.1, -0.05) is 26.2 Å². The fraction of sp³-hybridized carbons (Fsp3) is 0.938. The molecule has 0 radical (unpaired) electrons. The van der Waals surface area contributed by atoms with E-state index in [1.54, 1.807) is 20.9 Å². The molecule has 1 rings (SSSR count). The molecular formula is C16H32N2O4. The van der Waals surface area contributed by atoms with Crippen LogP contribution in [0.25, 0.3) is 0 Å². The first-order valence-corrected chi connectivity index (χ1v) is 8.27. The second kappa shape index (κ2) is 8.24. The Balaban J connectivity index is 2.95. The number of aliphatic hydroxyl groups excluding tert-OH is 3. The lowest BCUT2D eigenvalue weighted by Gasteiger charge is -2.39. The van der Waals surface area contributed by atoms with Gasteiger partial charge < -0.3 is 20.6 Å². The van der Waals surface area contributed by atoms with Gasteiger partial charge in [-0.2, -0.15) is 0 Å². The predicted octanol–water partition coefficient (Wildman–Crippen LogP) is 0.106. The molecule has 0 aromatic heterocycles. The summed E-state index contributed by atoms with van der Waals surface area (Å²) < 4.78 is 0. The van der Waals surface area contributed by atoms with Gasteiger partial charge in [-0.15, -0.1) is 0 Å². The number of rotatable bonds is 8. The summed E-state index contributed by atoms with van der Waals surface area (Å²) in [6.07, 6.45) is 2.16. The van der Waals surface area contributed by atoms with Crippen LogP contribution in [0.4, 0.5) is 0 Å². The summed E-state index contributed by atoms with van der Waals surface area (Å²) >= 11 is 0. The molecule has 1 aliphatic rings. The van der Waals surface area contributed by atoms with Crippen LogP contribution >= 0.6 is 0 Å². The largest absolute Gasteiger partial charge is 0.395 e. The van der Waals surface area contributed by atoms with Gasteiger partial charge in [0.1, 0.15) is 0 Å². The Kier molecular flexibility index (Phi) is 7.25. The molecule has 4 N–H and O–H groups in total. The van der Waals surface area contributed by atoms with Crippen LogP contribution in [0.3, 0.4) is 0 Å². The van der Waals surface area contributed by atoms with E-state index in [1.165, 1.54) is 0 Å². The van der Waals surface area contributed by atoms with Gasteiger partial charge in [0, 0.05) is 7.05 Å². The molecule has 1 heterocycles. The normalized spacial score (nSPS) is 29.8. The van der Waals surface area contributed by atoms with Crippen LogP contribution in [-0.2, 0) is 4.79 Å². The summed E-state index contributed by atoms with van der Waals surface area (Å²) in [5, 5.41) is 32.9. The van der Waals surface area contributed by atoms with Crippen molar-refractivity contribution in [3.8, 4) is 0 Å². The quantitative estimate of drug-likeness (QED) is 0.477. The molecule has 22 heavy (non-hydrogen) atoms. The minimum absolute atomic E-state index is 0.180. The molecule has 0 aromatic carbocycles. The van der Waals surface area contributed by atoms with E-state index in [-0.39, 0.29) is 12.5 Å². The van der Waals surface area contributed by atoms with Crippen LogP contribution in [-0.4, -0.2) is 70.6 Å². The third kappa shape index (κ3) is 3.79. The van der Waals surface area contributed by atoms with E-state index in [0.717, 1.165) is 25.7 Å². The molecular weight excluding hydrogens is 284 g/mol. The lowest BCUT2D eigenvalue weighted by Crippen LogP contribution is -2.55. The van der Waals surface area contributed by atoms with Crippen molar-refractivity contribution in [1.82, 2.24) is 10.2 Å². The number of amides is 1. The van der Waals surface area contributed by atoms with Gasteiger partial charge >= 0.3 is 0 Å². The van der Waals surface area contributed by atoms with E-state index < -0.39 is 29.7 Å². The molecule has 6 heteroatoms. The van der Waals surface area contributed by atoms with Gasteiger partial charge in [0.15, 0.2) is 0 Å². The minimum Gasteiger partial charge on any atom is -0.395 e. The molecule has 1 saturated heterocycles. The third-order valence-electron chi connectivity index (χ3n) is 4.86. The van der Waals surface area contributed by atoms with Crippen LogP contribution < -0.4 is 5.32 Å². The van der Waals surface area contributed by atoms with Crippen LogP contribution in [0.2, 0.25) is 0 Å². The molecule has 0 aliphatic carbocycles. The molecule has 6 nitrogen and oxygen atoms in total. The molecule has 130 valence electrons. The number of aliphatic hydroxyl groups is 3. The fourth-order valence-corrected chi connectivity index (χ4v) is 3.55. The number of carbonyl (C=O) groups excluding carboxylic acids is 1. The van der Waals surface area contributed by atoms with Crippen molar-refractivity contribution >= 4 is 5.91 Å². The van der Waals surface area contributed by atoms with Gasteiger partial charge in [0.2, 0.25) is 5.91 Å². The predicted molar refractivity (Wildman–Crippen MR) is 85.4 cm³/mol. The number of likely N-dealkylation sites (tertiary alicyclic amines) is 1. The molecule has 1 amide bonds. The Morgan fingerprint density at radius 1 is 1.18 bits per heavy atom. The first-order chi connectivity index (χ1) is 10.3. The summed E-state index contributed by atoms with van der Waals surface area (Å²) in [5.41, 5.74) is -0.857. The molecule has 0 aromatic rings. The molecule has 1 fully saturated rings. The number of hydrogen-bond donors (Lipinski definition) is 4. The summed E-state index contributed by atoms with van der Waals surface area (Å²) in [6, 6.07) is -1.04. The Bertz CT molecular complexity index is 362. The minimum atomic E-state index is -1.05. The molecule has 0 saturated carbocycles. The number of nitrogens with one attached hydrogen (secondary N) is 1. The highest BCUT2D eigenvalue weighted by molar-refractivity contribution is 5.82. The average Bonchev–Trinajstić information content (AvgIpc) is 2.74. The number of nitrogens with zero attached hydrogens (tertiary/aromatic N) is 1. The molecule has 4 unspecified atom stereocenters. The molecule has 1 aliphatic heterocycles. The number of unbranched alkanes of at least 4 members (excludes halogenated alkanes) is 3. The third-order valence-corrected chi connectivity index (χ3v) is 4.86. The van der Waals surface area contributed by atoms with E-state index in [9.17, 15) is 20.1 Å². The van der Waals surface area contributed by atoms with Gasteiger partial charge in [-0.3, -0.25) is 9.69 Å². The highest BCUT2D eigenvalue weighted by Crippen LogP contribution is 2.37. The Labute approximate surface area is 133 Å². The van der Waals surface area contributed by atoms with Crippen LogP contribution in [0.15, 0.2) is 0 Å². The average molecular weight is 316 g/mol. The molecule has 4 atom stereocenters. The number of carbonyl (C=O) groups is 1. The van der Waals surface area contributed by atoms with Crippen molar-refractivity contribution in [3.63, 3.8) is 0 Å². The van der Waals surface area contributed by atoms with E-state index in [1.807, 2.05) is 4.90 Å². The highest BCUT2D eigenvalue weighted by atomic mass is 16.3. The van der Waals surface area contributed by atoms with Gasteiger partial charge in [0.25, 0.3) is 0 Å². The first-order valence-electron chi connectivity index (χ1n) is 8.27. The summed E-state index contributed by atoms with van der Waals surface area (Å²) in [5.74, 6) is -0.180. The monoisotopic (exact) mass is 316 g/mol. The van der Waals surface area contributed by atoms with Gasteiger partial charge in [-0.05, 0) is 26.8 Å². The number of hydrogen-bond acceptors (Lipinski definition) is 5. The van der Waals surface area contributed by atoms with Crippen LogP contribution in [0.1, 0.15) is 46.5 Å². The highest BCUT2D eigenvalue weighted by Gasteiger charge is 2.54. The Hall–Kier alpha value is -0.690. The standard InChI is InChI=1S/C16H32N2O4/c1-5-6-7-8-9-18-11(10-19)12(20)13(21)14(18)16(2,3)15(22)17-4/h11-14,19-21H,5-10H2,1-4H3,(H,17,22). The smallest absolute Gasteiger partial charge is 0.227 e. The van der Waals surface area contributed by atoms with Crippen LogP contribution in [0.5, 0.6) is 0 Å². The van der Waals surface area contributed by atoms with Gasteiger partial charge in [-0.25, -0.2) is 0 Å². The maximum absolute atomic E-state index is 12.2. The zero-order valence-corrected chi connectivity index (χ0v) is 14.2. The van der Waals surface area contributed by atoms with Crippen molar-refractivity contribution in [1.29, 1.82) is 0 Å². The van der Waals surface area contributed by atoms with Crippen LogP contribution in [0, 0.1) is 5.41 Å². The fourth-order valence-electron chi connectivity index (χ4n) is 3.55. The van der Waals surface area contributed by atoms with Crippen molar-refractivity contribution in [3.05, 3.63) is 0 Å². The maximum Gasteiger partial charge on any atom is 0.227 e. The van der Waals surface area contributed by atoms with Crippen molar-refractivity contribution in [2.75, 3.05) is 20.2 Å². The SMILES string of the molecule is CCCCCCN1C(CO)C(O)C(O)C1C(C)(C)C(=O)NC. The summed E-state index contributed by atoms with van der Waals surface area (Å²) in [7, 11) is 1.57. The molecule has 0 bridgehead atoms. The molecule has 0 spiro atoms. The first kappa shape index (κ1) is 19.4. The van der Waals surface area contributed by atoms with Crippen molar-refractivity contribution in [2.24, 2.45) is 5.41 Å². The Morgan fingerprint density at radius 3 is 2.32 bits per heavy atom. The maximum atomic E-state index is 12.2. The lowest BCUT2D eigenvalue weighted by molar-refractivity contribution is -0.134. The summed E-state index contributed by atoms with van der Waals surface area (Å²) in [6.45, 7) is 6.10. The topological polar surface area (TPSA) is 93.0 Å². The van der Waals surface area contributed by atoms with Crippen molar-refractivity contribution in [2.45, 2.75) is 70.7 Å². The van der Waals surface area contributed by atoms with E-state index in [0.29, 0.717) is 6.54 Å². The Morgan fingerprint density at radius 2 is 1.82 bits per heavy atom. The van der Waals surface area contributed by atoms with E-state index >= 15 is 0 Å². The zero-order chi connectivity index (χ0) is 16.9. The second-order valence-electron chi connectivity index (χ2n) is 6.78. The lowest BCUT2D eigenvalue weighted by atomic mass is 9.80. The van der Waals surface area contributed by atoms with E-state index in [2.05, 4.69) is 12.2 Å². The van der Waals surface area contributed by atoms with Gasteiger partial charge in [0.05, 0.1) is 36.3 Å². The second-order valence-corrected chi connectivity index (χ2v) is 6.78. The zero-order valence-electron chi connectivity index (χ0n) is 14.2. The van der Waals surface area contributed by atoms with Crippen molar-refractivity contribution < 1.29 is 20.1 Å². The summed E-state index contributed by atoms with van der Waals surface area (Å²) in [4.78, 5) is 14.1.